The van der Waals surface area contributed by atoms with Crippen LogP contribution < -0.4 is 10.1 Å². The van der Waals surface area contributed by atoms with E-state index in [2.05, 4.69) is 21.4 Å². The first kappa shape index (κ1) is 21.7. The third-order valence-electron chi connectivity index (χ3n) is 6.35. The SMILES string of the molecule is CC(C)(C)OC(=O)N1CC2C(Oc3cc(Nc4ccc(C#N)cc4Cl)ncn3)C3COC32C1. The maximum Gasteiger partial charge on any atom is 0.410 e. The molecule has 1 spiro atoms. The molecule has 33 heavy (non-hydrogen) atoms. The summed E-state index contributed by atoms with van der Waals surface area (Å²) in [6.45, 7) is 7.20. The first-order valence-corrected chi connectivity index (χ1v) is 11.1. The van der Waals surface area contributed by atoms with Crippen LogP contribution in [0.4, 0.5) is 16.3 Å². The predicted molar refractivity (Wildman–Crippen MR) is 119 cm³/mol. The van der Waals surface area contributed by atoms with Crippen molar-refractivity contribution >= 4 is 29.2 Å². The Kier molecular flexibility index (Phi) is 5.10. The fourth-order valence-corrected chi connectivity index (χ4v) is 5.02. The normalized spacial score (nSPS) is 27.4. The first-order valence-electron chi connectivity index (χ1n) is 10.8. The summed E-state index contributed by atoms with van der Waals surface area (Å²) < 4.78 is 17.7. The summed E-state index contributed by atoms with van der Waals surface area (Å²) in [5.41, 5.74) is 0.213. The topological polar surface area (TPSA) is 110 Å². The molecular formula is C23H24ClN5O4. The highest BCUT2D eigenvalue weighted by Crippen LogP contribution is 2.59. The van der Waals surface area contributed by atoms with Crippen LogP contribution in [0.1, 0.15) is 26.3 Å². The number of hydrogen-bond acceptors (Lipinski definition) is 8. The lowest BCUT2D eigenvalue weighted by molar-refractivity contribution is -0.323. The summed E-state index contributed by atoms with van der Waals surface area (Å²) in [6.07, 6.45) is 0.986. The number of anilines is 2. The van der Waals surface area contributed by atoms with Gasteiger partial charge in [-0.25, -0.2) is 14.8 Å². The maximum atomic E-state index is 12.6. The number of nitrogens with one attached hydrogen (secondary N) is 1. The lowest BCUT2D eigenvalue weighted by atomic mass is 9.57. The molecule has 3 fully saturated rings. The van der Waals surface area contributed by atoms with Gasteiger partial charge in [-0.2, -0.15) is 5.26 Å². The van der Waals surface area contributed by atoms with E-state index in [4.69, 9.17) is 31.1 Å². The van der Waals surface area contributed by atoms with Crippen molar-refractivity contribution in [2.24, 2.45) is 11.8 Å². The Balaban J connectivity index is 1.26. The van der Waals surface area contributed by atoms with Crippen LogP contribution in [0.15, 0.2) is 30.6 Å². The van der Waals surface area contributed by atoms with Gasteiger partial charge in [-0.3, -0.25) is 0 Å². The number of nitriles is 1. The zero-order chi connectivity index (χ0) is 23.4. The predicted octanol–water partition coefficient (Wildman–Crippen LogP) is 3.76. The minimum Gasteiger partial charge on any atom is -0.473 e. The van der Waals surface area contributed by atoms with Gasteiger partial charge in [0.05, 0.1) is 41.4 Å². The number of ether oxygens (including phenoxy) is 3. The molecule has 5 rings (SSSR count). The van der Waals surface area contributed by atoms with Gasteiger partial charge in [0.25, 0.3) is 0 Å². The maximum absolute atomic E-state index is 12.6. The lowest BCUT2D eigenvalue weighted by Gasteiger charge is -2.63. The average molecular weight is 470 g/mol. The molecule has 1 aliphatic carbocycles. The van der Waals surface area contributed by atoms with E-state index >= 15 is 0 Å². The quantitative estimate of drug-likeness (QED) is 0.720. The van der Waals surface area contributed by atoms with Crippen LogP contribution in [-0.4, -0.2) is 58.0 Å². The molecule has 10 heteroatoms. The Labute approximate surface area is 196 Å². The molecule has 3 aliphatic rings. The van der Waals surface area contributed by atoms with Crippen molar-refractivity contribution in [3.05, 3.63) is 41.2 Å². The number of carbonyl (C=O) groups is 1. The van der Waals surface area contributed by atoms with Crippen LogP contribution in [0.25, 0.3) is 0 Å². The number of carbonyl (C=O) groups excluding carboxylic acids is 1. The Morgan fingerprint density at radius 1 is 1.33 bits per heavy atom. The zero-order valence-corrected chi connectivity index (χ0v) is 19.3. The number of hydrogen-bond donors (Lipinski definition) is 1. The Bertz CT molecular complexity index is 1150. The van der Waals surface area contributed by atoms with Crippen LogP contribution in [0.5, 0.6) is 5.88 Å². The molecule has 2 saturated heterocycles. The molecule has 3 heterocycles. The molecule has 172 valence electrons. The van der Waals surface area contributed by atoms with Gasteiger partial charge in [0, 0.05) is 18.5 Å². The molecule has 0 bridgehead atoms. The van der Waals surface area contributed by atoms with Crippen molar-refractivity contribution in [1.82, 2.24) is 14.9 Å². The van der Waals surface area contributed by atoms with Gasteiger partial charge in [0.2, 0.25) is 5.88 Å². The third-order valence-corrected chi connectivity index (χ3v) is 6.66. The molecule has 2 aliphatic heterocycles. The number of likely N-dealkylation sites (tertiary alicyclic amines) is 1. The van der Waals surface area contributed by atoms with Crippen molar-refractivity contribution in [1.29, 1.82) is 5.26 Å². The van der Waals surface area contributed by atoms with Gasteiger partial charge < -0.3 is 24.4 Å². The van der Waals surface area contributed by atoms with Gasteiger partial charge in [-0.05, 0) is 39.0 Å². The van der Waals surface area contributed by atoms with E-state index in [1.807, 2.05) is 20.8 Å². The van der Waals surface area contributed by atoms with Crippen LogP contribution in [0.3, 0.4) is 0 Å². The van der Waals surface area contributed by atoms with E-state index in [1.54, 1.807) is 29.2 Å². The number of nitrogens with zero attached hydrogens (tertiary/aromatic N) is 4. The number of rotatable bonds is 4. The molecular weight excluding hydrogens is 446 g/mol. The molecule has 9 nitrogen and oxygen atoms in total. The summed E-state index contributed by atoms with van der Waals surface area (Å²) in [5.74, 6) is 1.21. The van der Waals surface area contributed by atoms with E-state index in [1.165, 1.54) is 6.33 Å². The van der Waals surface area contributed by atoms with E-state index < -0.39 is 5.60 Å². The highest BCUT2D eigenvalue weighted by Gasteiger charge is 2.74. The zero-order valence-electron chi connectivity index (χ0n) is 18.5. The minimum absolute atomic E-state index is 0.0584. The molecule has 1 N–H and O–H groups in total. The smallest absolute Gasteiger partial charge is 0.410 e. The fraction of sp³-hybridized carbons (Fsp3) is 0.478. The van der Waals surface area contributed by atoms with Crippen LogP contribution in [0, 0.1) is 23.2 Å². The summed E-state index contributed by atoms with van der Waals surface area (Å²) in [7, 11) is 0. The van der Waals surface area contributed by atoms with Crippen molar-refractivity contribution in [2.75, 3.05) is 25.0 Å². The highest BCUT2D eigenvalue weighted by molar-refractivity contribution is 6.33. The average Bonchev–Trinajstić information content (AvgIpc) is 3.14. The van der Waals surface area contributed by atoms with Gasteiger partial charge in [0.1, 0.15) is 29.5 Å². The van der Waals surface area contributed by atoms with Gasteiger partial charge in [-0.15, -0.1) is 0 Å². The standard InChI is InChI=1S/C23H24ClN5O4/c1-22(2,3)33-21(30)29-9-14-20(15-10-31-23(14,15)11-29)32-19-7-18(26-12-27-19)28-17-5-4-13(8-25)6-16(17)24/h4-7,12,14-15,20H,9-11H2,1-3H3,(H,26,27,28). The van der Waals surface area contributed by atoms with Crippen LogP contribution in [0.2, 0.25) is 5.02 Å². The van der Waals surface area contributed by atoms with E-state index in [9.17, 15) is 4.79 Å². The van der Waals surface area contributed by atoms with Crippen molar-refractivity contribution in [3.8, 4) is 11.9 Å². The Morgan fingerprint density at radius 3 is 2.82 bits per heavy atom. The summed E-state index contributed by atoms with van der Waals surface area (Å²) in [5, 5.41) is 12.5. The van der Waals surface area contributed by atoms with Crippen molar-refractivity contribution in [2.45, 2.75) is 38.1 Å². The second-order valence-electron chi connectivity index (χ2n) is 9.60. The lowest BCUT2D eigenvalue weighted by Crippen LogP contribution is -2.76. The van der Waals surface area contributed by atoms with Crippen molar-refractivity contribution < 1.29 is 19.0 Å². The summed E-state index contributed by atoms with van der Waals surface area (Å²) in [6, 6.07) is 8.74. The molecule has 4 unspecified atom stereocenters. The molecule has 1 aromatic heterocycles. The van der Waals surface area contributed by atoms with Crippen molar-refractivity contribution in [3.63, 3.8) is 0 Å². The fourth-order valence-electron chi connectivity index (χ4n) is 4.79. The third kappa shape index (κ3) is 3.83. The largest absolute Gasteiger partial charge is 0.473 e. The number of halogens is 1. The molecule has 4 atom stereocenters. The minimum atomic E-state index is -0.547. The molecule has 1 aromatic carbocycles. The van der Waals surface area contributed by atoms with E-state index in [-0.39, 0.29) is 29.6 Å². The number of amides is 1. The van der Waals surface area contributed by atoms with Crippen LogP contribution in [-0.2, 0) is 9.47 Å². The second kappa shape index (κ2) is 7.75. The molecule has 2 aromatic rings. The monoisotopic (exact) mass is 469 g/mol. The van der Waals surface area contributed by atoms with Gasteiger partial charge in [-0.1, -0.05) is 11.6 Å². The molecule has 1 amide bonds. The first-order chi connectivity index (χ1) is 15.7. The molecule has 1 saturated carbocycles. The Morgan fingerprint density at radius 2 is 2.15 bits per heavy atom. The molecule has 0 radical (unpaired) electrons. The van der Waals surface area contributed by atoms with Crippen LogP contribution >= 0.6 is 11.6 Å². The summed E-state index contributed by atoms with van der Waals surface area (Å²) in [4.78, 5) is 22.8. The van der Waals surface area contributed by atoms with E-state index in [0.29, 0.717) is 47.7 Å². The van der Waals surface area contributed by atoms with E-state index in [0.717, 1.165) is 0 Å². The van der Waals surface area contributed by atoms with Gasteiger partial charge in [0.15, 0.2) is 0 Å². The number of aromatic nitrogens is 2. The second-order valence-corrected chi connectivity index (χ2v) is 10.0. The Hall–Kier alpha value is -3.09. The van der Waals surface area contributed by atoms with Gasteiger partial charge >= 0.3 is 6.09 Å². The highest BCUT2D eigenvalue weighted by atomic mass is 35.5. The number of benzene rings is 1. The summed E-state index contributed by atoms with van der Waals surface area (Å²) >= 11 is 6.25.